The largest absolute Gasteiger partial charge is 0.392 e. The Morgan fingerprint density at radius 2 is 1.74 bits per heavy atom. The van der Waals surface area contributed by atoms with Crippen molar-refractivity contribution in [3.05, 3.63) is 33.8 Å². The van der Waals surface area contributed by atoms with Crippen molar-refractivity contribution in [3.8, 4) is 0 Å². The van der Waals surface area contributed by atoms with Crippen LogP contribution in [0.1, 0.15) is 44.6 Å². The second kappa shape index (κ2) is 6.97. The van der Waals surface area contributed by atoms with Gasteiger partial charge in [-0.05, 0) is 42.4 Å². The van der Waals surface area contributed by atoms with E-state index >= 15 is 0 Å². The molecule has 0 radical (unpaired) electrons. The molecule has 0 aromatic heterocycles. The summed E-state index contributed by atoms with van der Waals surface area (Å²) in [7, 11) is 0. The van der Waals surface area contributed by atoms with Crippen LogP contribution in [0.15, 0.2) is 18.2 Å². The van der Waals surface area contributed by atoms with Crippen LogP contribution < -0.4 is 0 Å². The average Bonchev–Trinajstić information content (AvgIpc) is 2.43. The molecule has 2 rings (SSSR count). The predicted octanol–water partition coefficient (Wildman–Crippen LogP) is 5.11. The van der Waals surface area contributed by atoms with E-state index in [1.807, 2.05) is 18.2 Å². The summed E-state index contributed by atoms with van der Waals surface area (Å²) >= 11 is 12.3. The van der Waals surface area contributed by atoms with E-state index < -0.39 is 0 Å². The third-order valence-electron chi connectivity index (χ3n) is 4.49. The minimum atomic E-state index is -0.324. The van der Waals surface area contributed by atoms with Crippen molar-refractivity contribution in [2.24, 2.45) is 11.8 Å². The molecule has 0 amide bonds. The van der Waals surface area contributed by atoms with Crippen LogP contribution in [0, 0.1) is 11.8 Å². The molecule has 0 spiro atoms. The van der Waals surface area contributed by atoms with Crippen molar-refractivity contribution in [2.75, 3.05) is 0 Å². The fourth-order valence-corrected chi connectivity index (χ4v) is 3.64. The van der Waals surface area contributed by atoms with Gasteiger partial charge in [-0.3, -0.25) is 0 Å². The molecule has 1 nitrogen and oxygen atoms in total. The van der Waals surface area contributed by atoms with Crippen LogP contribution in [0.2, 0.25) is 10.0 Å². The number of aliphatic hydroxyl groups is 1. The Morgan fingerprint density at radius 1 is 1.16 bits per heavy atom. The molecule has 0 saturated heterocycles. The first kappa shape index (κ1) is 15.2. The van der Waals surface area contributed by atoms with Gasteiger partial charge in [0.05, 0.1) is 6.10 Å². The first-order valence-electron chi connectivity index (χ1n) is 7.22. The van der Waals surface area contributed by atoms with Crippen molar-refractivity contribution in [1.82, 2.24) is 0 Å². The Kier molecular flexibility index (Phi) is 5.56. The minimum absolute atomic E-state index is 0.324. The number of benzene rings is 1. The van der Waals surface area contributed by atoms with E-state index in [0.29, 0.717) is 22.4 Å². The molecular weight excluding hydrogens is 279 g/mol. The second-order valence-corrected chi connectivity index (χ2v) is 6.48. The molecule has 1 N–H and O–H groups in total. The van der Waals surface area contributed by atoms with Crippen LogP contribution in [0.3, 0.4) is 0 Å². The van der Waals surface area contributed by atoms with Crippen molar-refractivity contribution in [2.45, 2.75) is 51.6 Å². The number of aliphatic hydroxyl groups excluding tert-OH is 1. The lowest BCUT2D eigenvalue weighted by molar-refractivity contribution is 0.0735. The summed E-state index contributed by atoms with van der Waals surface area (Å²) < 4.78 is 0. The topological polar surface area (TPSA) is 20.2 Å². The van der Waals surface area contributed by atoms with Gasteiger partial charge in [-0.15, -0.1) is 0 Å². The van der Waals surface area contributed by atoms with E-state index in [-0.39, 0.29) is 6.10 Å². The van der Waals surface area contributed by atoms with Gasteiger partial charge in [0, 0.05) is 16.5 Å². The Bertz CT molecular complexity index is 391. The smallest absolute Gasteiger partial charge is 0.0609 e. The number of rotatable bonds is 4. The summed E-state index contributed by atoms with van der Waals surface area (Å²) in [6.45, 7) is 2.25. The molecular formula is C16H22Cl2O. The maximum atomic E-state index is 10.4. The molecule has 0 heterocycles. The molecule has 1 atom stereocenters. The van der Waals surface area contributed by atoms with Crippen LogP contribution in [-0.2, 0) is 6.42 Å². The summed E-state index contributed by atoms with van der Waals surface area (Å²) in [6.07, 6.45) is 6.25. The van der Waals surface area contributed by atoms with Crippen molar-refractivity contribution < 1.29 is 5.11 Å². The first-order chi connectivity index (χ1) is 9.11. The lowest BCUT2D eigenvalue weighted by atomic mass is 9.77. The summed E-state index contributed by atoms with van der Waals surface area (Å²) in [5.74, 6) is 1.25. The Hall–Kier alpha value is -0.240. The van der Waals surface area contributed by atoms with E-state index in [2.05, 4.69) is 6.92 Å². The van der Waals surface area contributed by atoms with E-state index in [0.717, 1.165) is 24.3 Å². The SMILES string of the molecule is CCC1CCC(C(O)Cc2c(Cl)cccc2Cl)CC1. The van der Waals surface area contributed by atoms with Gasteiger partial charge in [-0.2, -0.15) is 0 Å². The zero-order chi connectivity index (χ0) is 13.8. The van der Waals surface area contributed by atoms with Crippen LogP contribution in [0.5, 0.6) is 0 Å². The zero-order valence-electron chi connectivity index (χ0n) is 11.4. The molecule has 1 aromatic carbocycles. The van der Waals surface area contributed by atoms with Crippen LogP contribution in [-0.4, -0.2) is 11.2 Å². The normalized spacial score (nSPS) is 25.3. The van der Waals surface area contributed by atoms with Gasteiger partial charge in [0.15, 0.2) is 0 Å². The monoisotopic (exact) mass is 300 g/mol. The molecule has 1 fully saturated rings. The highest BCUT2D eigenvalue weighted by Crippen LogP contribution is 2.35. The van der Waals surface area contributed by atoms with Gasteiger partial charge in [-0.1, -0.05) is 55.5 Å². The lowest BCUT2D eigenvalue weighted by Crippen LogP contribution is -2.27. The van der Waals surface area contributed by atoms with Gasteiger partial charge in [-0.25, -0.2) is 0 Å². The Labute approximate surface area is 125 Å². The quantitative estimate of drug-likeness (QED) is 0.819. The maximum absolute atomic E-state index is 10.4. The lowest BCUT2D eigenvalue weighted by Gasteiger charge is -2.31. The zero-order valence-corrected chi connectivity index (χ0v) is 12.9. The molecule has 1 aliphatic rings. The minimum Gasteiger partial charge on any atom is -0.392 e. The van der Waals surface area contributed by atoms with Crippen LogP contribution in [0.4, 0.5) is 0 Å². The third kappa shape index (κ3) is 3.87. The van der Waals surface area contributed by atoms with E-state index in [4.69, 9.17) is 23.2 Å². The molecule has 0 aliphatic heterocycles. The van der Waals surface area contributed by atoms with E-state index in [9.17, 15) is 5.11 Å². The summed E-state index contributed by atoms with van der Waals surface area (Å²) in [6, 6.07) is 5.51. The Balaban J connectivity index is 1.96. The fourth-order valence-electron chi connectivity index (χ4n) is 3.08. The average molecular weight is 301 g/mol. The van der Waals surface area contributed by atoms with Gasteiger partial charge in [0.1, 0.15) is 0 Å². The van der Waals surface area contributed by atoms with Gasteiger partial charge < -0.3 is 5.11 Å². The van der Waals surface area contributed by atoms with Gasteiger partial charge in [0.25, 0.3) is 0 Å². The third-order valence-corrected chi connectivity index (χ3v) is 5.20. The highest BCUT2D eigenvalue weighted by atomic mass is 35.5. The highest BCUT2D eigenvalue weighted by Gasteiger charge is 2.26. The number of hydrogen-bond donors (Lipinski definition) is 1. The van der Waals surface area contributed by atoms with Crippen molar-refractivity contribution in [1.29, 1.82) is 0 Å². The van der Waals surface area contributed by atoms with E-state index in [1.165, 1.54) is 19.3 Å². The summed E-state index contributed by atoms with van der Waals surface area (Å²) in [5, 5.41) is 11.7. The summed E-state index contributed by atoms with van der Waals surface area (Å²) in [4.78, 5) is 0. The maximum Gasteiger partial charge on any atom is 0.0609 e. The van der Waals surface area contributed by atoms with Gasteiger partial charge >= 0.3 is 0 Å². The molecule has 19 heavy (non-hydrogen) atoms. The Morgan fingerprint density at radius 3 is 2.26 bits per heavy atom. The predicted molar refractivity (Wildman–Crippen MR) is 81.9 cm³/mol. The molecule has 3 heteroatoms. The van der Waals surface area contributed by atoms with E-state index in [1.54, 1.807) is 0 Å². The number of halogens is 2. The second-order valence-electron chi connectivity index (χ2n) is 5.66. The van der Waals surface area contributed by atoms with Crippen LogP contribution in [0.25, 0.3) is 0 Å². The molecule has 0 bridgehead atoms. The van der Waals surface area contributed by atoms with Crippen LogP contribution >= 0.6 is 23.2 Å². The van der Waals surface area contributed by atoms with Crippen molar-refractivity contribution >= 4 is 23.2 Å². The molecule has 1 aliphatic carbocycles. The number of hydrogen-bond acceptors (Lipinski definition) is 1. The molecule has 1 aromatic rings. The van der Waals surface area contributed by atoms with Crippen molar-refractivity contribution in [3.63, 3.8) is 0 Å². The first-order valence-corrected chi connectivity index (χ1v) is 7.98. The fraction of sp³-hybridized carbons (Fsp3) is 0.625. The molecule has 106 valence electrons. The highest BCUT2D eigenvalue weighted by molar-refractivity contribution is 6.35. The summed E-state index contributed by atoms with van der Waals surface area (Å²) in [5.41, 5.74) is 0.885. The molecule has 1 saturated carbocycles. The standard InChI is InChI=1S/C16H22Cl2O/c1-2-11-6-8-12(9-7-11)16(19)10-13-14(17)4-3-5-15(13)18/h3-5,11-12,16,19H,2,6-10H2,1H3. The molecule has 1 unspecified atom stereocenters. The van der Waals surface area contributed by atoms with Gasteiger partial charge in [0.2, 0.25) is 0 Å².